The minimum absolute atomic E-state index is 0.177. The van der Waals surface area contributed by atoms with Crippen LogP contribution in [0.15, 0.2) is 41.8 Å². The number of thiophene rings is 1. The Kier molecular flexibility index (Phi) is 3.19. The Hall–Kier alpha value is -1.81. The smallest absolute Gasteiger partial charge is 0.317 e. The Morgan fingerprint density at radius 1 is 1.14 bits per heavy atom. The molecule has 2 aromatic rings. The number of rotatable bonds is 1. The van der Waals surface area contributed by atoms with E-state index in [0.29, 0.717) is 0 Å². The summed E-state index contributed by atoms with van der Waals surface area (Å²) in [7, 11) is 0. The Balaban J connectivity index is 1.61. The average Bonchev–Trinajstić information content (AvgIpc) is 3.25. The molecule has 2 amide bonds. The number of hydrogen-bond acceptors (Lipinski definition) is 2. The molecule has 4 rings (SSSR count). The van der Waals surface area contributed by atoms with Gasteiger partial charge in [-0.2, -0.15) is 0 Å². The summed E-state index contributed by atoms with van der Waals surface area (Å²) in [6.07, 6.45) is 3.16. The van der Waals surface area contributed by atoms with Gasteiger partial charge in [0.15, 0.2) is 0 Å². The number of urea groups is 1. The van der Waals surface area contributed by atoms with Crippen molar-refractivity contribution in [3.8, 4) is 0 Å². The molecule has 21 heavy (non-hydrogen) atoms. The van der Waals surface area contributed by atoms with E-state index in [0.717, 1.165) is 38.0 Å². The molecule has 3 nitrogen and oxygen atoms in total. The quantitative estimate of drug-likeness (QED) is 0.778. The number of nitrogens with zero attached hydrogens (tertiary/aromatic N) is 2. The van der Waals surface area contributed by atoms with E-state index in [9.17, 15) is 4.79 Å². The second-order valence-corrected chi connectivity index (χ2v) is 6.66. The molecule has 1 saturated heterocycles. The van der Waals surface area contributed by atoms with E-state index in [1.807, 2.05) is 11.0 Å². The zero-order valence-corrected chi connectivity index (χ0v) is 12.7. The third kappa shape index (κ3) is 2.14. The van der Waals surface area contributed by atoms with Gasteiger partial charge in [0.05, 0.1) is 6.04 Å². The van der Waals surface area contributed by atoms with Crippen LogP contribution in [-0.2, 0) is 6.42 Å². The van der Waals surface area contributed by atoms with Gasteiger partial charge >= 0.3 is 6.03 Å². The topological polar surface area (TPSA) is 23.6 Å². The summed E-state index contributed by atoms with van der Waals surface area (Å²) >= 11 is 1.76. The predicted molar refractivity (Wildman–Crippen MR) is 85.9 cm³/mol. The second-order valence-electron chi connectivity index (χ2n) is 5.68. The van der Waals surface area contributed by atoms with Crippen molar-refractivity contribution >= 4 is 23.1 Å². The van der Waals surface area contributed by atoms with E-state index in [1.54, 1.807) is 11.3 Å². The first-order valence-electron chi connectivity index (χ1n) is 7.54. The Morgan fingerprint density at radius 2 is 2.05 bits per heavy atom. The Bertz CT molecular complexity index is 653. The third-order valence-corrected chi connectivity index (χ3v) is 5.46. The summed E-state index contributed by atoms with van der Waals surface area (Å²) in [6.45, 7) is 1.69. The SMILES string of the molecule is O=C(N1CCc2ccccc21)N1CCCC1c1cccs1. The number of para-hydroxylation sites is 1. The number of benzene rings is 1. The lowest BCUT2D eigenvalue weighted by molar-refractivity contribution is 0.201. The maximum absolute atomic E-state index is 13.0. The van der Waals surface area contributed by atoms with Crippen molar-refractivity contribution in [2.45, 2.75) is 25.3 Å². The molecule has 0 N–H and O–H groups in total. The molecule has 4 heteroatoms. The highest BCUT2D eigenvalue weighted by atomic mass is 32.1. The predicted octanol–water partition coefficient (Wildman–Crippen LogP) is 4.07. The highest BCUT2D eigenvalue weighted by Gasteiger charge is 2.35. The van der Waals surface area contributed by atoms with Gasteiger partial charge in [-0.05, 0) is 42.3 Å². The number of amides is 2. The summed E-state index contributed by atoms with van der Waals surface area (Å²) < 4.78 is 0. The number of hydrogen-bond donors (Lipinski definition) is 0. The van der Waals surface area contributed by atoms with Crippen molar-refractivity contribution in [3.05, 3.63) is 52.2 Å². The van der Waals surface area contributed by atoms with Gasteiger partial charge in [0.2, 0.25) is 0 Å². The number of carbonyl (C=O) groups is 1. The van der Waals surface area contributed by atoms with Crippen LogP contribution in [0.3, 0.4) is 0 Å². The number of carbonyl (C=O) groups excluding carboxylic acids is 1. The zero-order valence-electron chi connectivity index (χ0n) is 11.9. The van der Waals surface area contributed by atoms with Crippen LogP contribution in [-0.4, -0.2) is 24.0 Å². The normalized spacial score (nSPS) is 20.9. The molecule has 0 aliphatic carbocycles. The fraction of sp³-hybridized carbons (Fsp3) is 0.353. The molecule has 3 heterocycles. The third-order valence-electron chi connectivity index (χ3n) is 4.49. The Morgan fingerprint density at radius 3 is 2.90 bits per heavy atom. The van der Waals surface area contributed by atoms with Gasteiger partial charge in [0.1, 0.15) is 0 Å². The average molecular weight is 298 g/mol. The molecule has 0 saturated carbocycles. The van der Waals surface area contributed by atoms with Crippen molar-refractivity contribution in [2.75, 3.05) is 18.0 Å². The van der Waals surface area contributed by atoms with Crippen LogP contribution in [0.2, 0.25) is 0 Å². The summed E-state index contributed by atoms with van der Waals surface area (Å²) in [6, 6.07) is 12.9. The lowest BCUT2D eigenvalue weighted by Gasteiger charge is -2.29. The van der Waals surface area contributed by atoms with Gasteiger partial charge in [0, 0.05) is 23.7 Å². The lowest BCUT2D eigenvalue weighted by atomic mass is 10.2. The van der Waals surface area contributed by atoms with Crippen LogP contribution in [0.25, 0.3) is 0 Å². The van der Waals surface area contributed by atoms with Crippen molar-refractivity contribution in [1.82, 2.24) is 4.90 Å². The van der Waals surface area contributed by atoms with E-state index >= 15 is 0 Å². The largest absolute Gasteiger partial charge is 0.325 e. The first-order chi connectivity index (χ1) is 10.3. The molecule has 1 atom stereocenters. The number of fused-ring (bicyclic) bond motifs is 1. The van der Waals surface area contributed by atoms with Crippen molar-refractivity contribution in [1.29, 1.82) is 0 Å². The number of likely N-dealkylation sites (tertiary alicyclic amines) is 1. The van der Waals surface area contributed by atoms with Crippen LogP contribution in [0.4, 0.5) is 10.5 Å². The fourth-order valence-electron chi connectivity index (χ4n) is 3.46. The molecule has 1 unspecified atom stereocenters. The van der Waals surface area contributed by atoms with Crippen molar-refractivity contribution in [2.24, 2.45) is 0 Å². The molecule has 2 aliphatic rings. The molecule has 2 aliphatic heterocycles. The summed E-state index contributed by atoms with van der Waals surface area (Å²) in [5.41, 5.74) is 2.39. The minimum atomic E-state index is 0.177. The van der Waals surface area contributed by atoms with Crippen LogP contribution in [0, 0.1) is 0 Å². The lowest BCUT2D eigenvalue weighted by Crippen LogP contribution is -2.42. The van der Waals surface area contributed by atoms with Gasteiger partial charge in [-0.15, -0.1) is 11.3 Å². The van der Waals surface area contributed by atoms with Crippen molar-refractivity contribution < 1.29 is 4.79 Å². The van der Waals surface area contributed by atoms with Crippen LogP contribution < -0.4 is 4.90 Å². The molecule has 0 spiro atoms. The molecule has 0 radical (unpaired) electrons. The molecular weight excluding hydrogens is 280 g/mol. The monoisotopic (exact) mass is 298 g/mol. The molecule has 1 aromatic heterocycles. The van der Waals surface area contributed by atoms with Crippen LogP contribution in [0.5, 0.6) is 0 Å². The van der Waals surface area contributed by atoms with Gasteiger partial charge in [-0.25, -0.2) is 4.79 Å². The van der Waals surface area contributed by atoms with Crippen LogP contribution in [0.1, 0.15) is 29.3 Å². The molecular formula is C17H18N2OS. The van der Waals surface area contributed by atoms with Crippen molar-refractivity contribution in [3.63, 3.8) is 0 Å². The molecule has 0 bridgehead atoms. The van der Waals surface area contributed by atoms with Gasteiger partial charge in [-0.1, -0.05) is 24.3 Å². The highest BCUT2D eigenvalue weighted by Crippen LogP contribution is 2.37. The molecule has 1 fully saturated rings. The van der Waals surface area contributed by atoms with E-state index in [1.165, 1.54) is 10.4 Å². The molecule has 1 aromatic carbocycles. The highest BCUT2D eigenvalue weighted by molar-refractivity contribution is 7.10. The van der Waals surface area contributed by atoms with E-state index < -0.39 is 0 Å². The standard InChI is InChI=1S/C17H18N2OS/c20-17(19-11-9-13-5-1-2-6-14(13)19)18-10-3-7-15(18)16-8-4-12-21-16/h1-2,4-6,8,12,15H,3,7,9-11H2. The summed E-state index contributed by atoms with van der Waals surface area (Å²) in [5.74, 6) is 0. The minimum Gasteiger partial charge on any atom is -0.317 e. The second kappa shape index (κ2) is 5.19. The molecule has 108 valence electrons. The van der Waals surface area contributed by atoms with Gasteiger partial charge in [-0.3, -0.25) is 4.90 Å². The van der Waals surface area contributed by atoms with Crippen LogP contribution >= 0.6 is 11.3 Å². The number of anilines is 1. The first-order valence-corrected chi connectivity index (χ1v) is 8.42. The summed E-state index contributed by atoms with van der Waals surface area (Å²) in [4.78, 5) is 18.3. The Labute approximate surface area is 128 Å². The van der Waals surface area contributed by atoms with E-state index in [2.05, 4.69) is 40.6 Å². The fourth-order valence-corrected chi connectivity index (χ4v) is 4.34. The van der Waals surface area contributed by atoms with E-state index in [-0.39, 0.29) is 12.1 Å². The maximum atomic E-state index is 13.0. The first kappa shape index (κ1) is 12.9. The maximum Gasteiger partial charge on any atom is 0.325 e. The van der Waals surface area contributed by atoms with E-state index in [4.69, 9.17) is 0 Å². The zero-order chi connectivity index (χ0) is 14.2. The van der Waals surface area contributed by atoms with Gasteiger partial charge < -0.3 is 4.90 Å². The summed E-state index contributed by atoms with van der Waals surface area (Å²) in [5, 5.41) is 2.10. The van der Waals surface area contributed by atoms with Gasteiger partial charge in [0.25, 0.3) is 0 Å².